The summed E-state index contributed by atoms with van der Waals surface area (Å²) in [7, 11) is 3.99. The van der Waals surface area contributed by atoms with Crippen LogP contribution in [0.25, 0.3) is 0 Å². The van der Waals surface area contributed by atoms with Gasteiger partial charge in [-0.1, -0.05) is 12.1 Å². The summed E-state index contributed by atoms with van der Waals surface area (Å²) in [5.74, 6) is 0.184. The first-order valence-corrected chi connectivity index (χ1v) is 9.04. The van der Waals surface area contributed by atoms with Gasteiger partial charge in [-0.15, -0.1) is 0 Å². The van der Waals surface area contributed by atoms with Crippen molar-refractivity contribution in [3.8, 4) is 0 Å². The van der Waals surface area contributed by atoms with Crippen molar-refractivity contribution in [2.45, 2.75) is 0 Å². The third-order valence-electron chi connectivity index (χ3n) is 4.50. The van der Waals surface area contributed by atoms with Gasteiger partial charge in [0.25, 0.3) is 5.91 Å². The molecule has 1 N–H and O–H groups in total. The van der Waals surface area contributed by atoms with E-state index in [1.54, 1.807) is 29.4 Å². The molecular formula is C19H25FN6O. The molecule has 2 heterocycles. The summed E-state index contributed by atoms with van der Waals surface area (Å²) in [4.78, 5) is 26.9. The second-order valence-electron chi connectivity index (χ2n) is 6.76. The van der Waals surface area contributed by atoms with Crippen molar-refractivity contribution >= 4 is 17.5 Å². The van der Waals surface area contributed by atoms with Crippen LogP contribution in [-0.2, 0) is 0 Å². The Morgan fingerprint density at radius 3 is 2.44 bits per heavy atom. The molecule has 1 amide bonds. The number of aromatic nitrogens is 2. The number of para-hydroxylation sites is 1. The number of hydrogen-bond acceptors (Lipinski definition) is 6. The molecule has 27 heavy (non-hydrogen) atoms. The van der Waals surface area contributed by atoms with Gasteiger partial charge in [-0.3, -0.25) is 4.79 Å². The second kappa shape index (κ2) is 8.77. The number of likely N-dealkylation sites (N-methyl/N-ethyl adjacent to an activating group) is 1. The molecule has 0 radical (unpaired) electrons. The fourth-order valence-electron chi connectivity index (χ4n) is 2.96. The van der Waals surface area contributed by atoms with Crippen LogP contribution in [-0.4, -0.2) is 79.0 Å². The summed E-state index contributed by atoms with van der Waals surface area (Å²) in [6.07, 6.45) is 3.10. The van der Waals surface area contributed by atoms with Gasteiger partial charge in [0, 0.05) is 51.7 Å². The maximum absolute atomic E-state index is 13.9. The minimum Gasteiger partial charge on any atom is -0.366 e. The van der Waals surface area contributed by atoms with Crippen molar-refractivity contribution < 1.29 is 9.18 Å². The highest BCUT2D eigenvalue weighted by Crippen LogP contribution is 2.20. The lowest BCUT2D eigenvalue weighted by Gasteiger charge is -2.36. The molecule has 1 fully saturated rings. The Bertz CT molecular complexity index is 759. The van der Waals surface area contributed by atoms with E-state index in [1.165, 1.54) is 6.07 Å². The quantitative estimate of drug-likeness (QED) is 0.830. The van der Waals surface area contributed by atoms with Gasteiger partial charge in [0.2, 0.25) is 5.95 Å². The summed E-state index contributed by atoms with van der Waals surface area (Å²) in [6.45, 7) is 3.87. The molecule has 0 saturated carbocycles. The molecule has 1 aliphatic heterocycles. The van der Waals surface area contributed by atoms with Gasteiger partial charge in [-0.05, 0) is 26.2 Å². The Kier molecular flexibility index (Phi) is 6.18. The zero-order valence-electron chi connectivity index (χ0n) is 15.7. The van der Waals surface area contributed by atoms with E-state index in [2.05, 4.69) is 20.2 Å². The Morgan fingerprint density at radius 1 is 1.15 bits per heavy atom. The minimum absolute atomic E-state index is 0.0944. The Morgan fingerprint density at radius 2 is 1.81 bits per heavy atom. The predicted molar refractivity (Wildman–Crippen MR) is 104 cm³/mol. The average Bonchev–Trinajstić information content (AvgIpc) is 2.68. The molecular weight excluding hydrogens is 347 g/mol. The molecule has 0 aliphatic carbocycles. The van der Waals surface area contributed by atoms with Crippen molar-refractivity contribution in [2.75, 3.05) is 63.6 Å². The largest absolute Gasteiger partial charge is 0.366 e. The van der Waals surface area contributed by atoms with Gasteiger partial charge in [-0.2, -0.15) is 0 Å². The normalized spacial score (nSPS) is 14.5. The molecule has 144 valence electrons. The average molecular weight is 372 g/mol. The van der Waals surface area contributed by atoms with E-state index < -0.39 is 0 Å². The molecule has 3 rings (SSSR count). The Labute approximate surface area is 158 Å². The number of halogens is 1. The second-order valence-corrected chi connectivity index (χ2v) is 6.76. The first-order valence-electron chi connectivity index (χ1n) is 9.04. The third kappa shape index (κ3) is 4.91. The summed E-state index contributed by atoms with van der Waals surface area (Å²) >= 11 is 0. The lowest BCUT2D eigenvalue weighted by atomic mass is 10.2. The molecule has 0 unspecified atom stereocenters. The number of carbonyl (C=O) groups excluding carboxylic acids is 1. The smallest absolute Gasteiger partial charge is 0.257 e. The van der Waals surface area contributed by atoms with E-state index in [4.69, 9.17) is 0 Å². The molecule has 0 atom stereocenters. The van der Waals surface area contributed by atoms with E-state index in [9.17, 15) is 9.18 Å². The Balaban J connectivity index is 1.54. The third-order valence-corrected chi connectivity index (χ3v) is 4.50. The van der Waals surface area contributed by atoms with Gasteiger partial charge in [0.05, 0.1) is 11.3 Å². The maximum atomic E-state index is 13.9. The van der Waals surface area contributed by atoms with Crippen LogP contribution >= 0.6 is 0 Å². The predicted octanol–water partition coefficient (Wildman–Crippen LogP) is 1.55. The van der Waals surface area contributed by atoms with E-state index in [1.807, 2.05) is 25.1 Å². The van der Waals surface area contributed by atoms with E-state index >= 15 is 0 Å². The first kappa shape index (κ1) is 19.0. The fraction of sp³-hybridized carbons (Fsp3) is 0.421. The summed E-state index contributed by atoms with van der Waals surface area (Å²) in [6, 6.07) is 6.72. The highest BCUT2D eigenvalue weighted by Gasteiger charge is 2.24. The maximum Gasteiger partial charge on any atom is 0.257 e. The van der Waals surface area contributed by atoms with Crippen molar-refractivity contribution in [2.24, 2.45) is 0 Å². The SMILES string of the molecule is CN(C)CCNc1ncc(C(=O)N2CCN(c3ccccc3F)CC2)cn1. The van der Waals surface area contributed by atoms with Gasteiger partial charge < -0.3 is 20.0 Å². The van der Waals surface area contributed by atoms with Crippen molar-refractivity contribution in [1.29, 1.82) is 0 Å². The minimum atomic E-state index is -0.233. The molecule has 0 spiro atoms. The molecule has 2 aromatic rings. The van der Waals surface area contributed by atoms with E-state index in [-0.39, 0.29) is 11.7 Å². The van der Waals surface area contributed by atoms with Crippen molar-refractivity contribution in [1.82, 2.24) is 19.8 Å². The number of hydrogen-bond donors (Lipinski definition) is 1. The van der Waals surface area contributed by atoms with Crippen LogP contribution in [0.3, 0.4) is 0 Å². The van der Waals surface area contributed by atoms with Crippen LogP contribution in [0.5, 0.6) is 0 Å². The van der Waals surface area contributed by atoms with Gasteiger partial charge >= 0.3 is 0 Å². The molecule has 1 aromatic heterocycles. The van der Waals surface area contributed by atoms with Crippen LogP contribution in [0.2, 0.25) is 0 Å². The van der Waals surface area contributed by atoms with E-state index in [0.717, 1.165) is 13.1 Å². The number of piperazine rings is 1. The van der Waals surface area contributed by atoms with Crippen LogP contribution in [0.4, 0.5) is 16.0 Å². The topological polar surface area (TPSA) is 64.6 Å². The standard InChI is InChI=1S/C19H25FN6O/c1-24(2)8-7-21-19-22-13-15(14-23-19)18(27)26-11-9-25(10-12-26)17-6-4-3-5-16(17)20/h3-6,13-14H,7-12H2,1-2H3,(H,21,22,23). The van der Waals surface area contributed by atoms with Crippen LogP contribution in [0.1, 0.15) is 10.4 Å². The lowest BCUT2D eigenvalue weighted by Crippen LogP contribution is -2.49. The molecule has 8 heteroatoms. The monoisotopic (exact) mass is 372 g/mol. The molecule has 1 aliphatic rings. The van der Waals surface area contributed by atoms with Gasteiger partial charge in [0.1, 0.15) is 5.82 Å². The molecule has 0 bridgehead atoms. The number of amides is 1. The molecule has 7 nitrogen and oxygen atoms in total. The summed E-state index contributed by atoms with van der Waals surface area (Å²) < 4.78 is 13.9. The van der Waals surface area contributed by atoms with E-state index in [0.29, 0.717) is 43.4 Å². The number of rotatable bonds is 6. The van der Waals surface area contributed by atoms with Crippen LogP contribution < -0.4 is 10.2 Å². The zero-order valence-corrected chi connectivity index (χ0v) is 15.7. The van der Waals surface area contributed by atoms with Crippen molar-refractivity contribution in [3.63, 3.8) is 0 Å². The number of nitrogens with zero attached hydrogens (tertiary/aromatic N) is 5. The summed E-state index contributed by atoms with van der Waals surface area (Å²) in [5.41, 5.74) is 1.05. The van der Waals surface area contributed by atoms with Crippen molar-refractivity contribution in [3.05, 3.63) is 48.0 Å². The highest BCUT2D eigenvalue weighted by molar-refractivity contribution is 5.93. The van der Waals surface area contributed by atoms with Crippen LogP contribution in [0, 0.1) is 5.82 Å². The van der Waals surface area contributed by atoms with Gasteiger partial charge in [-0.25, -0.2) is 14.4 Å². The lowest BCUT2D eigenvalue weighted by molar-refractivity contribution is 0.0746. The van der Waals surface area contributed by atoms with Crippen LogP contribution in [0.15, 0.2) is 36.7 Å². The molecule has 1 saturated heterocycles. The number of benzene rings is 1. The number of anilines is 2. The fourth-order valence-corrected chi connectivity index (χ4v) is 2.96. The number of nitrogens with one attached hydrogen (secondary N) is 1. The number of carbonyl (C=O) groups is 1. The molecule has 1 aromatic carbocycles. The van der Waals surface area contributed by atoms with Gasteiger partial charge in [0.15, 0.2) is 0 Å². The highest BCUT2D eigenvalue weighted by atomic mass is 19.1. The first-order chi connectivity index (χ1) is 13.0. The summed E-state index contributed by atoms with van der Waals surface area (Å²) in [5, 5.41) is 3.12. The zero-order chi connectivity index (χ0) is 19.2. The Hall–Kier alpha value is -2.74.